The Labute approximate surface area is 100 Å². The van der Waals surface area contributed by atoms with Crippen LogP contribution in [-0.4, -0.2) is 25.3 Å². The van der Waals surface area contributed by atoms with Crippen LogP contribution >= 0.6 is 0 Å². The second kappa shape index (κ2) is 3.96. The summed E-state index contributed by atoms with van der Waals surface area (Å²) < 4.78 is 13.2. The highest BCUT2D eigenvalue weighted by molar-refractivity contribution is 5.92. The Morgan fingerprint density at radius 2 is 1.94 bits per heavy atom. The zero-order valence-corrected chi connectivity index (χ0v) is 10.1. The smallest absolute Gasteiger partial charge is 0.143 e. The van der Waals surface area contributed by atoms with Crippen LogP contribution < -0.4 is 14.8 Å². The van der Waals surface area contributed by atoms with E-state index in [2.05, 4.69) is 16.0 Å². The molecular formula is C13H16N2O2. The molecule has 4 heteroatoms. The third-order valence-electron chi connectivity index (χ3n) is 3.33. The molecule has 1 aliphatic rings. The van der Waals surface area contributed by atoms with E-state index in [1.165, 1.54) is 5.69 Å². The predicted octanol–water partition coefficient (Wildman–Crippen LogP) is 1.76. The molecule has 0 atom stereocenters. The van der Waals surface area contributed by atoms with E-state index in [0.717, 1.165) is 42.0 Å². The van der Waals surface area contributed by atoms with E-state index in [9.17, 15) is 0 Å². The lowest BCUT2D eigenvalue weighted by Gasteiger charge is -2.18. The van der Waals surface area contributed by atoms with Gasteiger partial charge in [0.2, 0.25) is 0 Å². The second-order valence-electron chi connectivity index (χ2n) is 4.20. The number of hydrogen-bond acceptors (Lipinski definition) is 3. The fraction of sp³-hybridized carbons (Fsp3) is 0.385. The number of methoxy groups -OCH3 is 2. The molecule has 0 amide bonds. The van der Waals surface area contributed by atoms with Crippen molar-refractivity contribution < 1.29 is 9.47 Å². The molecule has 0 radical (unpaired) electrons. The zero-order chi connectivity index (χ0) is 11.8. The summed E-state index contributed by atoms with van der Waals surface area (Å²) in [4.78, 5) is 0. The van der Waals surface area contributed by atoms with Crippen molar-refractivity contribution in [2.45, 2.75) is 13.1 Å². The molecule has 90 valence electrons. The maximum absolute atomic E-state index is 5.45. The molecule has 2 heterocycles. The van der Waals surface area contributed by atoms with E-state index in [1.54, 1.807) is 14.2 Å². The highest BCUT2D eigenvalue weighted by Gasteiger charge is 2.18. The molecule has 0 saturated carbocycles. The summed E-state index contributed by atoms with van der Waals surface area (Å²) in [7, 11) is 3.42. The molecule has 1 aliphatic heterocycles. The maximum Gasteiger partial charge on any atom is 0.143 e. The normalized spacial score (nSPS) is 14.7. The Morgan fingerprint density at radius 3 is 2.71 bits per heavy atom. The van der Waals surface area contributed by atoms with Crippen molar-refractivity contribution in [1.29, 1.82) is 0 Å². The van der Waals surface area contributed by atoms with Gasteiger partial charge in [0.05, 0.1) is 19.7 Å². The van der Waals surface area contributed by atoms with Crippen LogP contribution in [0.25, 0.3) is 10.9 Å². The largest absolute Gasteiger partial charge is 0.496 e. The molecule has 0 bridgehead atoms. The molecule has 17 heavy (non-hydrogen) atoms. The van der Waals surface area contributed by atoms with Gasteiger partial charge in [0.1, 0.15) is 11.5 Å². The molecule has 4 nitrogen and oxygen atoms in total. The van der Waals surface area contributed by atoms with Crippen molar-refractivity contribution in [3.05, 3.63) is 23.9 Å². The van der Waals surface area contributed by atoms with Gasteiger partial charge in [-0.2, -0.15) is 0 Å². The quantitative estimate of drug-likeness (QED) is 0.857. The zero-order valence-electron chi connectivity index (χ0n) is 10.1. The summed E-state index contributed by atoms with van der Waals surface area (Å²) >= 11 is 0. The van der Waals surface area contributed by atoms with Crippen LogP contribution in [-0.2, 0) is 13.1 Å². The van der Waals surface area contributed by atoms with Crippen molar-refractivity contribution in [2.75, 3.05) is 20.8 Å². The van der Waals surface area contributed by atoms with Crippen molar-refractivity contribution in [3.8, 4) is 11.5 Å². The first-order chi connectivity index (χ1) is 8.35. The lowest BCUT2D eigenvalue weighted by Crippen LogP contribution is -2.27. The Balaban J connectivity index is 2.34. The standard InChI is InChI=1S/C13H16N2O2/c1-16-11-3-4-12(17-2)13-10(11)7-9-8-14-5-6-15(9)13/h3-4,7,14H,5-6,8H2,1-2H3. The molecule has 1 N–H and O–H groups in total. The minimum Gasteiger partial charge on any atom is -0.496 e. The Bertz CT molecular complexity index is 560. The van der Waals surface area contributed by atoms with E-state index < -0.39 is 0 Å². The predicted molar refractivity (Wildman–Crippen MR) is 66.7 cm³/mol. The van der Waals surface area contributed by atoms with Gasteiger partial charge in [-0.3, -0.25) is 0 Å². The lowest BCUT2D eigenvalue weighted by molar-refractivity contribution is 0.408. The van der Waals surface area contributed by atoms with E-state index in [4.69, 9.17) is 9.47 Å². The highest BCUT2D eigenvalue weighted by Crippen LogP contribution is 2.36. The summed E-state index contributed by atoms with van der Waals surface area (Å²) in [5.74, 6) is 1.82. The van der Waals surface area contributed by atoms with Crippen LogP contribution in [0.4, 0.5) is 0 Å². The van der Waals surface area contributed by atoms with Crippen LogP contribution in [0, 0.1) is 0 Å². The lowest BCUT2D eigenvalue weighted by atomic mass is 10.2. The summed E-state index contributed by atoms with van der Waals surface area (Å²) in [5, 5.41) is 4.50. The molecule has 0 unspecified atom stereocenters. The highest BCUT2D eigenvalue weighted by atomic mass is 16.5. The third-order valence-corrected chi connectivity index (χ3v) is 3.33. The molecule has 1 aromatic heterocycles. The first-order valence-corrected chi connectivity index (χ1v) is 5.79. The van der Waals surface area contributed by atoms with Gasteiger partial charge in [0.15, 0.2) is 0 Å². The van der Waals surface area contributed by atoms with Crippen LogP contribution in [0.15, 0.2) is 18.2 Å². The summed E-state index contributed by atoms with van der Waals surface area (Å²) in [6.07, 6.45) is 0. The van der Waals surface area contributed by atoms with Gasteiger partial charge in [-0.15, -0.1) is 0 Å². The van der Waals surface area contributed by atoms with Crippen LogP contribution in [0.2, 0.25) is 0 Å². The van der Waals surface area contributed by atoms with Crippen LogP contribution in [0.5, 0.6) is 11.5 Å². The van der Waals surface area contributed by atoms with Gasteiger partial charge in [-0.1, -0.05) is 0 Å². The van der Waals surface area contributed by atoms with E-state index in [-0.39, 0.29) is 0 Å². The molecule has 1 aromatic carbocycles. The number of nitrogens with one attached hydrogen (secondary N) is 1. The molecule has 0 aliphatic carbocycles. The molecule has 0 saturated heterocycles. The van der Waals surface area contributed by atoms with Gasteiger partial charge in [0.25, 0.3) is 0 Å². The maximum atomic E-state index is 5.45. The minimum absolute atomic E-state index is 0.904. The average Bonchev–Trinajstić information content (AvgIpc) is 2.77. The van der Waals surface area contributed by atoms with Crippen molar-refractivity contribution in [3.63, 3.8) is 0 Å². The summed E-state index contributed by atoms with van der Waals surface area (Å²) in [5.41, 5.74) is 2.43. The summed E-state index contributed by atoms with van der Waals surface area (Å²) in [6, 6.07) is 6.11. The molecular weight excluding hydrogens is 216 g/mol. The molecule has 0 fully saturated rings. The summed E-state index contributed by atoms with van der Waals surface area (Å²) in [6.45, 7) is 2.88. The minimum atomic E-state index is 0.904. The fourth-order valence-corrected chi connectivity index (χ4v) is 2.53. The van der Waals surface area contributed by atoms with E-state index in [0.29, 0.717) is 0 Å². The Morgan fingerprint density at radius 1 is 1.18 bits per heavy atom. The number of hydrogen-bond donors (Lipinski definition) is 1. The molecule has 2 aromatic rings. The SMILES string of the molecule is COc1ccc(OC)c2c1cc1n2CCNC1. The number of nitrogens with zero attached hydrogens (tertiary/aromatic N) is 1. The fourth-order valence-electron chi connectivity index (χ4n) is 2.53. The first kappa shape index (κ1) is 10.5. The second-order valence-corrected chi connectivity index (χ2v) is 4.20. The van der Waals surface area contributed by atoms with Crippen LogP contribution in [0.1, 0.15) is 5.69 Å². The van der Waals surface area contributed by atoms with E-state index >= 15 is 0 Å². The van der Waals surface area contributed by atoms with Gasteiger partial charge < -0.3 is 19.4 Å². The monoisotopic (exact) mass is 232 g/mol. The third kappa shape index (κ3) is 1.48. The molecule has 3 rings (SSSR count). The number of aromatic nitrogens is 1. The molecule has 0 spiro atoms. The number of rotatable bonds is 2. The van der Waals surface area contributed by atoms with Gasteiger partial charge >= 0.3 is 0 Å². The van der Waals surface area contributed by atoms with Crippen molar-refractivity contribution in [2.24, 2.45) is 0 Å². The number of benzene rings is 1. The van der Waals surface area contributed by atoms with Gasteiger partial charge in [-0.05, 0) is 18.2 Å². The first-order valence-electron chi connectivity index (χ1n) is 5.79. The van der Waals surface area contributed by atoms with Gasteiger partial charge in [0, 0.05) is 30.7 Å². The topological polar surface area (TPSA) is 35.4 Å². The van der Waals surface area contributed by atoms with Gasteiger partial charge in [-0.25, -0.2) is 0 Å². The van der Waals surface area contributed by atoms with E-state index in [1.807, 2.05) is 12.1 Å². The van der Waals surface area contributed by atoms with Crippen molar-refractivity contribution >= 4 is 10.9 Å². The Kier molecular flexibility index (Phi) is 2.44. The number of ether oxygens (including phenoxy) is 2. The average molecular weight is 232 g/mol. The number of fused-ring (bicyclic) bond motifs is 3. The Hall–Kier alpha value is -1.68. The van der Waals surface area contributed by atoms with Crippen molar-refractivity contribution in [1.82, 2.24) is 9.88 Å². The van der Waals surface area contributed by atoms with Crippen LogP contribution in [0.3, 0.4) is 0 Å².